The first-order valence-corrected chi connectivity index (χ1v) is 5.09. The number of nitrogens with zero attached hydrogens (tertiary/aromatic N) is 2. The predicted octanol–water partition coefficient (Wildman–Crippen LogP) is 0.720. The van der Waals surface area contributed by atoms with E-state index in [9.17, 15) is 14.9 Å². The molecule has 0 radical (unpaired) electrons. The molecule has 0 unspecified atom stereocenters. The Morgan fingerprint density at radius 1 is 1.47 bits per heavy atom. The highest BCUT2D eigenvalue weighted by Gasteiger charge is 2.05. The van der Waals surface area contributed by atoms with Crippen molar-refractivity contribution in [2.45, 2.75) is 0 Å². The molecule has 8 heteroatoms. The largest absolute Gasteiger partial charge is 0.480 e. The van der Waals surface area contributed by atoms with Crippen LogP contribution in [-0.4, -0.2) is 22.5 Å². The topological polar surface area (TPSA) is 128 Å². The van der Waals surface area contributed by atoms with Gasteiger partial charge in [0.15, 0.2) is 5.82 Å². The monoisotopic (exact) mass is 262 g/mol. The van der Waals surface area contributed by atoms with Crippen molar-refractivity contribution < 1.29 is 14.8 Å². The zero-order chi connectivity index (χ0) is 14.3. The van der Waals surface area contributed by atoms with E-state index in [4.69, 9.17) is 10.4 Å². The van der Waals surface area contributed by atoms with Gasteiger partial charge in [0, 0.05) is 5.69 Å². The van der Waals surface area contributed by atoms with Crippen LogP contribution in [0.3, 0.4) is 0 Å². The normalized spacial score (nSPS) is 10.4. The minimum atomic E-state index is -1.14. The number of carboxylic acid groups (broad SMARTS) is 1. The average Bonchev–Trinajstić information content (AvgIpc) is 2.36. The summed E-state index contributed by atoms with van der Waals surface area (Å²) in [6.45, 7) is -0.455. The maximum atomic E-state index is 10.4. The maximum Gasteiger partial charge on any atom is 0.322 e. The molecular weight excluding hydrogens is 252 g/mol. The fraction of sp³-hybridized carbons (Fsp3) is 0.0909. The van der Waals surface area contributed by atoms with Crippen molar-refractivity contribution in [2.75, 3.05) is 11.9 Å². The van der Waals surface area contributed by atoms with Crippen molar-refractivity contribution in [3.8, 4) is 6.07 Å². The SMILES string of the molecule is N#Cc1ccc(NC(=C[N+](=O)[O-])NCC(=O)O)cc1. The number of carboxylic acids is 1. The molecule has 0 aliphatic rings. The van der Waals surface area contributed by atoms with E-state index < -0.39 is 17.4 Å². The molecule has 0 spiro atoms. The van der Waals surface area contributed by atoms with Gasteiger partial charge >= 0.3 is 5.97 Å². The van der Waals surface area contributed by atoms with E-state index in [1.54, 1.807) is 12.1 Å². The van der Waals surface area contributed by atoms with Crippen LogP contribution < -0.4 is 10.6 Å². The number of nitrogens with one attached hydrogen (secondary N) is 2. The molecule has 3 N–H and O–H groups in total. The predicted molar refractivity (Wildman–Crippen MR) is 65.5 cm³/mol. The summed E-state index contributed by atoms with van der Waals surface area (Å²) < 4.78 is 0. The number of rotatable bonds is 6. The minimum absolute atomic E-state index is 0.0582. The quantitative estimate of drug-likeness (QED) is 0.508. The van der Waals surface area contributed by atoms with Gasteiger partial charge in [-0.05, 0) is 24.3 Å². The first kappa shape index (κ1) is 14.0. The van der Waals surface area contributed by atoms with E-state index in [0.29, 0.717) is 17.5 Å². The lowest BCUT2D eigenvalue weighted by atomic mass is 10.2. The highest BCUT2D eigenvalue weighted by Crippen LogP contribution is 2.10. The Morgan fingerprint density at radius 3 is 2.58 bits per heavy atom. The number of hydrogen-bond acceptors (Lipinski definition) is 6. The average molecular weight is 262 g/mol. The number of nitro groups is 1. The molecule has 0 fully saturated rings. The molecule has 0 bridgehead atoms. The van der Waals surface area contributed by atoms with Gasteiger partial charge in [-0.15, -0.1) is 0 Å². The molecule has 0 saturated carbocycles. The molecule has 0 heterocycles. The second-order valence-electron chi connectivity index (χ2n) is 3.39. The smallest absolute Gasteiger partial charge is 0.322 e. The minimum Gasteiger partial charge on any atom is -0.480 e. The molecule has 0 amide bonds. The summed E-state index contributed by atoms with van der Waals surface area (Å²) in [5.41, 5.74) is 0.939. The number of carbonyl (C=O) groups is 1. The van der Waals surface area contributed by atoms with Crippen molar-refractivity contribution in [3.05, 3.63) is 52.0 Å². The van der Waals surface area contributed by atoms with Gasteiger partial charge < -0.3 is 15.7 Å². The van der Waals surface area contributed by atoms with Crippen molar-refractivity contribution in [3.63, 3.8) is 0 Å². The third-order valence-electron chi connectivity index (χ3n) is 1.96. The summed E-state index contributed by atoms with van der Waals surface area (Å²) in [5, 5.41) is 32.6. The highest BCUT2D eigenvalue weighted by molar-refractivity contribution is 5.69. The maximum absolute atomic E-state index is 10.4. The molecule has 8 nitrogen and oxygen atoms in total. The Hall–Kier alpha value is -3.08. The lowest BCUT2D eigenvalue weighted by Gasteiger charge is -2.09. The Kier molecular flexibility index (Phi) is 4.86. The number of anilines is 1. The van der Waals surface area contributed by atoms with Gasteiger partial charge in [0.25, 0.3) is 6.20 Å². The summed E-state index contributed by atoms with van der Waals surface area (Å²) in [4.78, 5) is 20.1. The van der Waals surface area contributed by atoms with E-state index >= 15 is 0 Å². The highest BCUT2D eigenvalue weighted by atomic mass is 16.6. The van der Waals surface area contributed by atoms with Crippen LogP contribution in [-0.2, 0) is 4.79 Å². The zero-order valence-corrected chi connectivity index (χ0v) is 9.66. The van der Waals surface area contributed by atoms with E-state index in [-0.39, 0.29) is 5.82 Å². The van der Waals surface area contributed by atoms with Gasteiger partial charge in [0.1, 0.15) is 6.54 Å². The summed E-state index contributed by atoms with van der Waals surface area (Å²) in [6, 6.07) is 8.10. The second kappa shape index (κ2) is 6.61. The molecule has 0 atom stereocenters. The summed E-state index contributed by atoms with van der Waals surface area (Å²) in [6.07, 6.45) is 0.626. The molecule has 98 valence electrons. The van der Waals surface area contributed by atoms with Crippen LogP contribution >= 0.6 is 0 Å². The number of benzene rings is 1. The Morgan fingerprint density at radius 2 is 2.11 bits per heavy atom. The van der Waals surface area contributed by atoms with Crippen LogP contribution in [0.25, 0.3) is 0 Å². The molecule has 0 aromatic heterocycles. The third kappa shape index (κ3) is 5.18. The molecule has 1 rings (SSSR count). The van der Waals surface area contributed by atoms with Crippen molar-refractivity contribution >= 4 is 11.7 Å². The fourth-order valence-electron chi connectivity index (χ4n) is 1.18. The van der Waals surface area contributed by atoms with Gasteiger partial charge in [0.2, 0.25) is 0 Å². The van der Waals surface area contributed by atoms with E-state index in [0.717, 1.165) is 0 Å². The van der Waals surface area contributed by atoms with Crippen LogP contribution in [0.4, 0.5) is 5.69 Å². The molecule has 0 aliphatic carbocycles. The Bertz CT molecular complexity index is 545. The molecule has 1 aromatic carbocycles. The molecule has 1 aromatic rings. The van der Waals surface area contributed by atoms with E-state index in [1.165, 1.54) is 12.1 Å². The van der Waals surface area contributed by atoms with Gasteiger partial charge in [-0.25, -0.2) is 0 Å². The molecule has 19 heavy (non-hydrogen) atoms. The van der Waals surface area contributed by atoms with E-state index in [1.807, 2.05) is 6.07 Å². The summed E-state index contributed by atoms with van der Waals surface area (Å²) >= 11 is 0. The van der Waals surface area contributed by atoms with Gasteiger partial charge in [-0.2, -0.15) is 5.26 Å². The molecule has 0 aliphatic heterocycles. The summed E-state index contributed by atoms with van der Waals surface area (Å²) in [5.74, 6) is -1.20. The second-order valence-corrected chi connectivity index (χ2v) is 3.39. The Balaban J connectivity index is 2.79. The van der Waals surface area contributed by atoms with Gasteiger partial charge in [-0.1, -0.05) is 0 Å². The first-order chi connectivity index (χ1) is 9.01. The standard InChI is InChI=1S/C11H10N4O4/c12-5-8-1-3-9(4-2-8)14-10(7-15(18)19)13-6-11(16)17/h1-4,7,13-14H,6H2,(H,16,17). The van der Waals surface area contributed by atoms with Crippen molar-refractivity contribution in [1.29, 1.82) is 5.26 Å². The fourth-order valence-corrected chi connectivity index (χ4v) is 1.18. The number of nitriles is 1. The van der Waals surface area contributed by atoms with E-state index in [2.05, 4.69) is 10.6 Å². The van der Waals surface area contributed by atoms with Gasteiger partial charge in [-0.3, -0.25) is 14.9 Å². The summed E-state index contributed by atoms with van der Waals surface area (Å²) in [7, 11) is 0. The number of hydrogen-bond donors (Lipinski definition) is 3. The molecule has 0 saturated heterocycles. The van der Waals surface area contributed by atoms with Crippen molar-refractivity contribution in [1.82, 2.24) is 5.32 Å². The van der Waals surface area contributed by atoms with Crippen LogP contribution in [0, 0.1) is 21.4 Å². The number of aliphatic carboxylic acids is 1. The van der Waals surface area contributed by atoms with Gasteiger partial charge in [0.05, 0.1) is 16.6 Å². The van der Waals surface area contributed by atoms with Crippen LogP contribution in [0.15, 0.2) is 36.3 Å². The van der Waals surface area contributed by atoms with Crippen LogP contribution in [0.2, 0.25) is 0 Å². The lowest BCUT2D eigenvalue weighted by Crippen LogP contribution is -2.26. The van der Waals surface area contributed by atoms with Crippen LogP contribution in [0.5, 0.6) is 0 Å². The first-order valence-electron chi connectivity index (χ1n) is 5.09. The Labute approximate surface area is 108 Å². The van der Waals surface area contributed by atoms with Crippen molar-refractivity contribution in [2.24, 2.45) is 0 Å². The molecular formula is C11H10N4O4. The zero-order valence-electron chi connectivity index (χ0n) is 9.66. The third-order valence-corrected chi connectivity index (χ3v) is 1.96. The lowest BCUT2D eigenvalue weighted by molar-refractivity contribution is -0.403. The van der Waals surface area contributed by atoms with Crippen LogP contribution in [0.1, 0.15) is 5.56 Å².